The molecule has 4 heteroatoms. The number of hydrogen-bond acceptors (Lipinski definition) is 2. The van der Waals surface area contributed by atoms with Gasteiger partial charge in [0.05, 0.1) is 6.67 Å². The molecule has 1 rings (SSSR count). The quantitative estimate of drug-likeness (QED) is 0.481. The summed E-state index contributed by atoms with van der Waals surface area (Å²) in [7, 11) is 2.13. The SMILES string of the molecule is CCCCCCCCCCCCN1C=CN(C)C1.Cl.[InH3]. The van der Waals surface area contributed by atoms with Crippen molar-refractivity contribution in [1.82, 2.24) is 9.80 Å². The van der Waals surface area contributed by atoms with Crippen molar-refractivity contribution in [3.05, 3.63) is 12.4 Å². The maximum absolute atomic E-state index is 2.41. The molecular weight excluding hydrogens is 370 g/mol. The predicted molar refractivity (Wildman–Crippen MR) is 97.5 cm³/mol. The third-order valence-electron chi connectivity index (χ3n) is 3.74. The van der Waals surface area contributed by atoms with Crippen LogP contribution in [0.5, 0.6) is 0 Å². The van der Waals surface area contributed by atoms with Crippen LogP contribution in [0.4, 0.5) is 0 Å². The Morgan fingerprint density at radius 1 is 0.800 bits per heavy atom. The summed E-state index contributed by atoms with van der Waals surface area (Å²) in [6.45, 7) is 4.60. The summed E-state index contributed by atoms with van der Waals surface area (Å²) in [5, 5.41) is 0. The van der Waals surface area contributed by atoms with Gasteiger partial charge in [-0.25, -0.2) is 0 Å². The van der Waals surface area contributed by atoms with Gasteiger partial charge in [0.25, 0.3) is 0 Å². The molecule has 1 aliphatic heterocycles. The van der Waals surface area contributed by atoms with Crippen LogP contribution in [0.2, 0.25) is 0 Å². The first-order valence-corrected chi connectivity index (χ1v) is 7.95. The van der Waals surface area contributed by atoms with E-state index in [4.69, 9.17) is 0 Å². The molecule has 0 bridgehead atoms. The zero-order valence-corrected chi connectivity index (χ0v) is 13.8. The molecule has 0 amide bonds. The molecule has 2 nitrogen and oxygen atoms in total. The first-order valence-electron chi connectivity index (χ1n) is 7.95. The van der Waals surface area contributed by atoms with Gasteiger partial charge in [-0.15, -0.1) is 12.4 Å². The van der Waals surface area contributed by atoms with Crippen molar-refractivity contribution in [3.8, 4) is 0 Å². The first kappa shape index (κ1) is 22.8. The molecule has 0 aromatic heterocycles. The number of hydrogen-bond donors (Lipinski definition) is 0. The van der Waals surface area contributed by atoms with Crippen molar-refractivity contribution < 1.29 is 0 Å². The molecule has 0 aromatic rings. The van der Waals surface area contributed by atoms with Crippen LogP contribution in [0.3, 0.4) is 0 Å². The van der Waals surface area contributed by atoms with Crippen molar-refractivity contribution in [2.75, 3.05) is 20.3 Å². The standard InChI is InChI=1S/C16H32N2.ClH.In.3H/c1-3-4-5-6-7-8-9-10-11-12-13-18-15-14-17(2)16-18;;;;;/h14-15H,3-13,16H2,1-2H3;1H;;;;. The number of unbranched alkanes of at least 4 members (excludes halogenated alkanes) is 9. The zero-order chi connectivity index (χ0) is 13.1. The van der Waals surface area contributed by atoms with Crippen LogP contribution in [0, 0.1) is 0 Å². The van der Waals surface area contributed by atoms with E-state index in [-0.39, 0.29) is 38.3 Å². The number of nitrogens with zero attached hydrogens (tertiary/aromatic N) is 2. The summed E-state index contributed by atoms with van der Waals surface area (Å²) in [5.41, 5.74) is 0. The summed E-state index contributed by atoms with van der Waals surface area (Å²) in [5.74, 6) is 0. The van der Waals surface area contributed by atoms with Gasteiger partial charge < -0.3 is 9.80 Å². The molecule has 0 aliphatic carbocycles. The van der Waals surface area contributed by atoms with E-state index in [0.717, 1.165) is 6.67 Å². The van der Waals surface area contributed by atoms with Gasteiger partial charge in [0.1, 0.15) is 0 Å². The van der Waals surface area contributed by atoms with E-state index >= 15 is 0 Å². The van der Waals surface area contributed by atoms with E-state index in [0.29, 0.717) is 0 Å². The Kier molecular flexibility index (Phi) is 18.1. The molecule has 0 saturated carbocycles. The van der Waals surface area contributed by atoms with E-state index in [1.54, 1.807) is 0 Å². The van der Waals surface area contributed by atoms with Crippen LogP contribution < -0.4 is 0 Å². The Morgan fingerprint density at radius 2 is 1.30 bits per heavy atom. The number of halogens is 1. The monoisotopic (exact) mass is 406 g/mol. The molecule has 1 aliphatic rings. The molecule has 0 aromatic carbocycles. The molecular formula is C16H36ClInN2. The molecule has 0 atom stereocenters. The fourth-order valence-corrected chi connectivity index (χ4v) is 2.54. The zero-order valence-electron chi connectivity index (χ0n) is 12.9. The minimum atomic E-state index is 0. The predicted octanol–water partition coefficient (Wildman–Crippen LogP) is 3.82. The fourth-order valence-electron chi connectivity index (χ4n) is 2.54. The van der Waals surface area contributed by atoms with Crippen LogP contribution in [-0.2, 0) is 0 Å². The van der Waals surface area contributed by atoms with Gasteiger partial charge in [-0.05, 0) is 6.42 Å². The molecule has 1 heterocycles. The van der Waals surface area contributed by atoms with Crippen LogP contribution in [0.15, 0.2) is 12.4 Å². The van der Waals surface area contributed by atoms with Crippen molar-refractivity contribution in [2.24, 2.45) is 0 Å². The Balaban J connectivity index is 0. The second-order valence-corrected chi connectivity index (χ2v) is 5.69. The van der Waals surface area contributed by atoms with E-state index in [9.17, 15) is 0 Å². The Hall–Kier alpha value is 0.500. The maximum atomic E-state index is 2.41. The molecule has 0 radical (unpaired) electrons. The second kappa shape index (κ2) is 15.9. The molecule has 20 heavy (non-hydrogen) atoms. The van der Waals surface area contributed by atoms with Crippen LogP contribution in [0.25, 0.3) is 0 Å². The van der Waals surface area contributed by atoms with Gasteiger partial charge >= 0.3 is 25.8 Å². The summed E-state index contributed by atoms with van der Waals surface area (Å²) in [4.78, 5) is 4.64. The Bertz CT molecular complexity index is 225. The number of rotatable bonds is 11. The van der Waals surface area contributed by atoms with E-state index in [2.05, 4.69) is 36.2 Å². The van der Waals surface area contributed by atoms with Gasteiger partial charge in [-0.2, -0.15) is 0 Å². The second-order valence-electron chi connectivity index (χ2n) is 5.69. The molecule has 0 unspecified atom stereocenters. The van der Waals surface area contributed by atoms with Gasteiger partial charge in [0, 0.05) is 26.0 Å². The Labute approximate surface area is 151 Å². The van der Waals surface area contributed by atoms with Crippen LogP contribution >= 0.6 is 12.4 Å². The van der Waals surface area contributed by atoms with Crippen molar-refractivity contribution in [2.45, 2.75) is 71.1 Å². The topological polar surface area (TPSA) is 6.48 Å². The van der Waals surface area contributed by atoms with Gasteiger partial charge in [0.15, 0.2) is 0 Å². The summed E-state index contributed by atoms with van der Waals surface area (Å²) in [6, 6.07) is 0. The first-order chi connectivity index (χ1) is 8.83. The Morgan fingerprint density at radius 3 is 1.75 bits per heavy atom. The molecule has 0 N–H and O–H groups in total. The average molecular weight is 407 g/mol. The molecule has 0 spiro atoms. The van der Waals surface area contributed by atoms with Gasteiger partial charge in [-0.1, -0.05) is 64.7 Å². The third kappa shape index (κ3) is 12.3. The van der Waals surface area contributed by atoms with E-state index in [1.807, 2.05) is 0 Å². The summed E-state index contributed by atoms with van der Waals surface area (Å²) >= 11 is 0. The van der Waals surface area contributed by atoms with E-state index < -0.39 is 0 Å². The fraction of sp³-hybridized carbons (Fsp3) is 0.875. The average Bonchev–Trinajstić information content (AvgIpc) is 2.77. The summed E-state index contributed by atoms with van der Waals surface area (Å²) < 4.78 is 0. The van der Waals surface area contributed by atoms with Gasteiger partial charge in [-0.3, -0.25) is 0 Å². The molecule has 0 saturated heterocycles. The normalized spacial score (nSPS) is 13.3. The molecule has 120 valence electrons. The third-order valence-corrected chi connectivity index (χ3v) is 3.74. The summed E-state index contributed by atoms with van der Waals surface area (Å²) in [6.07, 6.45) is 18.6. The molecule has 0 fully saturated rings. The minimum absolute atomic E-state index is 0. The van der Waals surface area contributed by atoms with Gasteiger partial charge in [0.2, 0.25) is 0 Å². The van der Waals surface area contributed by atoms with Crippen molar-refractivity contribution >= 4 is 38.3 Å². The van der Waals surface area contributed by atoms with Crippen molar-refractivity contribution in [3.63, 3.8) is 0 Å². The van der Waals surface area contributed by atoms with Crippen LogP contribution in [-0.4, -0.2) is 55.9 Å². The van der Waals surface area contributed by atoms with Crippen LogP contribution in [0.1, 0.15) is 71.1 Å². The van der Waals surface area contributed by atoms with E-state index in [1.165, 1.54) is 70.8 Å². The van der Waals surface area contributed by atoms with Crippen molar-refractivity contribution in [1.29, 1.82) is 0 Å².